The molecule has 3 nitrogen and oxygen atoms in total. The van der Waals surface area contributed by atoms with Crippen molar-refractivity contribution < 1.29 is 5.11 Å². The van der Waals surface area contributed by atoms with Gasteiger partial charge in [-0.1, -0.05) is 6.92 Å². The normalized spacial score (nSPS) is 32.2. The molecule has 94 valence electrons. The summed E-state index contributed by atoms with van der Waals surface area (Å²) in [7, 11) is 0. The molecule has 16 heavy (non-hydrogen) atoms. The third-order valence-electron chi connectivity index (χ3n) is 4.16. The minimum atomic E-state index is -0.418. The van der Waals surface area contributed by atoms with Crippen LogP contribution in [0, 0.1) is 5.92 Å². The molecule has 0 spiro atoms. The highest BCUT2D eigenvalue weighted by molar-refractivity contribution is 4.87. The molecule has 0 aromatic heterocycles. The molecule has 0 radical (unpaired) electrons. The lowest BCUT2D eigenvalue weighted by Crippen LogP contribution is -2.50. The molecule has 0 aromatic carbocycles. The van der Waals surface area contributed by atoms with E-state index in [1.54, 1.807) is 0 Å². The van der Waals surface area contributed by atoms with Gasteiger partial charge in [-0.3, -0.25) is 0 Å². The second-order valence-electron chi connectivity index (χ2n) is 5.79. The number of aliphatic hydroxyl groups is 1. The van der Waals surface area contributed by atoms with E-state index in [9.17, 15) is 5.11 Å². The van der Waals surface area contributed by atoms with Gasteiger partial charge in [-0.25, -0.2) is 0 Å². The molecule has 0 aliphatic carbocycles. The van der Waals surface area contributed by atoms with Crippen molar-refractivity contribution in [3.05, 3.63) is 0 Å². The number of likely N-dealkylation sites (tertiary alicyclic amines) is 1. The van der Waals surface area contributed by atoms with Crippen LogP contribution in [-0.4, -0.2) is 48.3 Å². The Morgan fingerprint density at radius 1 is 1.25 bits per heavy atom. The molecular formula is C13H26N2O. The van der Waals surface area contributed by atoms with Crippen LogP contribution in [0.4, 0.5) is 0 Å². The summed E-state index contributed by atoms with van der Waals surface area (Å²) in [5.41, 5.74) is -0.418. The Balaban J connectivity index is 1.83. The minimum absolute atomic E-state index is 0.418. The van der Waals surface area contributed by atoms with Gasteiger partial charge < -0.3 is 15.3 Å². The van der Waals surface area contributed by atoms with Gasteiger partial charge in [0.25, 0.3) is 0 Å². The second-order valence-corrected chi connectivity index (χ2v) is 5.79. The predicted molar refractivity (Wildman–Crippen MR) is 66.5 cm³/mol. The highest BCUT2D eigenvalue weighted by Gasteiger charge is 2.31. The zero-order valence-electron chi connectivity index (χ0n) is 10.5. The molecule has 0 amide bonds. The standard InChI is InChI=1S/C13H26N2O/c1-12-3-2-9-15(10-4-12)11-13(16)5-7-14-8-6-13/h12,14,16H,2-11H2,1H3. The van der Waals surface area contributed by atoms with Gasteiger partial charge in [0.1, 0.15) is 0 Å². The number of hydrogen-bond acceptors (Lipinski definition) is 3. The van der Waals surface area contributed by atoms with E-state index in [0.29, 0.717) is 0 Å². The van der Waals surface area contributed by atoms with Crippen LogP contribution in [0.15, 0.2) is 0 Å². The molecule has 1 unspecified atom stereocenters. The van der Waals surface area contributed by atoms with Crippen LogP contribution in [0.3, 0.4) is 0 Å². The van der Waals surface area contributed by atoms with E-state index < -0.39 is 5.60 Å². The molecular weight excluding hydrogens is 200 g/mol. The van der Waals surface area contributed by atoms with Crippen molar-refractivity contribution in [2.45, 2.75) is 44.6 Å². The Labute approximate surface area is 99.2 Å². The third kappa shape index (κ3) is 3.44. The number of rotatable bonds is 2. The third-order valence-corrected chi connectivity index (χ3v) is 4.16. The van der Waals surface area contributed by atoms with Crippen LogP contribution >= 0.6 is 0 Å². The van der Waals surface area contributed by atoms with Crippen LogP contribution in [0.5, 0.6) is 0 Å². The summed E-state index contributed by atoms with van der Waals surface area (Å²) in [5, 5.41) is 13.8. The summed E-state index contributed by atoms with van der Waals surface area (Å²) in [6.45, 7) is 7.54. The zero-order valence-corrected chi connectivity index (χ0v) is 10.5. The molecule has 0 bridgehead atoms. The average molecular weight is 226 g/mol. The first-order chi connectivity index (χ1) is 7.68. The molecule has 1 atom stereocenters. The number of nitrogens with zero attached hydrogens (tertiary/aromatic N) is 1. The molecule has 0 aromatic rings. The number of piperidine rings is 1. The number of β-amino-alcohol motifs (C(OH)–C–C–N with tert-alkyl or cyclic N) is 1. The first-order valence-corrected chi connectivity index (χ1v) is 6.83. The monoisotopic (exact) mass is 226 g/mol. The summed E-state index contributed by atoms with van der Waals surface area (Å²) in [6, 6.07) is 0. The van der Waals surface area contributed by atoms with Crippen molar-refractivity contribution >= 4 is 0 Å². The largest absolute Gasteiger partial charge is 0.388 e. The fraction of sp³-hybridized carbons (Fsp3) is 1.00. The van der Waals surface area contributed by atoms with Gasteiger partial charge in [-0.2, -0.15) is 0 Å². The van der Waals surface area contributed by atoms with Crippen molar-refractivity contribution in [1.82, 2.24) is 10.2 Å². The van der Waals surface area contributed by atoms with Crippen molar-refractivity contribution in [2.24, 2.45) is 5.92 Å². The fourth-order valence-electron chi connectivity index (χ4n) is 2.95. The lowest BCUT2D eigenvalue weighted by Gasteiger charge is -2.37. The van der Waals surface area contributed by atoms with E-state index in [1.807, 2.05) is 0 Å². The Kier molecular flexibility index (Phi) is 4.22. The molecule has 2 fully saturated rings. The van der Waals surface area contributed by atoms with Crippen LogP contribution < -0.4 is 5.32 Å². The van der Waals surface area contributed by atoms with Crippen LogP contribution in [0.2, 0.25) is 0 Å². The van der Waals surface area contributed by atoms with Gasteiger partial charge >= 0.3 is 0 Å². The Morgan fingerprint density at radius 2 is 2.00 bits per heavy atom. The maximum atomic E-state index is 10.5. The summed E-state index contributed by atoms with van der Waals surface area (Å²) in [6.07, 6.45) is 5.79. The molecule has 2 saturated heterocycles. The Hall–Kier alpha value is -0.120. The first-order valence-electron chi connectivity index (χ1n) is 6.83. The number of nitrogens with one attached hydrogen (secondary N) is 1. The summed E-state index contributed by atoms with van der Waals surface area (Å²) in [5.74, 6) is 0.868. The van der Waals surface area contributed by atoms with Crippen molar-refractivity contribution in [3.8, 4) is 0 Å². The zero-order chi connectivity index (χ0) is 11.4. The topological polar surface area (TPSA) is 35.5 Å². The van der Waals surface area contributed by atoms with Crippen LogP contribution in [0.25, 0.3) is 0 Å². The maximum absolute atomic E-state index is 10.5. The van der Waals surface area contributed by atoms with E-state index in [1.165, 1.54) is 32.4 Å². The summed E-state index contributed by atoms with van der Waals surface area (Å²) >= 11 is 0. The van der Waals surface area contributed by atoms with Crippen molar-refractivity contribution in [3.63, 3.8) is 0 Å². The Morgan fingerprint density at radius 3 is 2.75 bits per heavy atom. The van der Waals surface area contributed by atoms with Gasteiger partial charge in [0, 0.05) is 6.54 Å². The van der Waals surface area contributed by atoms with E-state index >= 15 is 0 Å². The maximum Gasteiger partial charge on any atom is 0.0798 e. The van der Waals surface area contributed by atoms with Gasteiger partial charge in [-0.15, -0.1) is 0 Å². The van der Waals surface area contributed by atoms with Crippen LogP contribution in [-0.2, 0) is 0 Å². The number of hydrogen-bond donors (Lipinski definition) is 2. The van der Waals surface area contributed by atoms with E-state index in [-0.39, 0.29) is 0 Å². The molecule has 2 rings (SSSR count). The van der Waals surface area contributed by atoms with Gasteiger partial charge in [0.05, 0.1) is 5.60 Å². The summed E-state index contributed by atoms with van der Waals surface area (Å²) < 4.78 is 0. The smallest absolute Gasteiger partial charge is 0.0798 e. The lowest BCUT2D eigenvalue weighted by molar-refractivity contribution is -0.0203. The first kappa shape index (κ1) is 12.3. The lowest BCUT2D eigenvalue weighted by atomic mass is 9.92. The highest BCUT2D eigenvalue weighted by atomic mass is 16.3. The Bertz CT molecular complexity index is 214. The molecule has 2 aliphatic heterocycles. The fourth-order valence-corrected chi connectivity index (χ4v) is 2.95. The SMILES string of the molecule is CC1CCCN(CC2(O)CCNCC2)CC1. The minimum Gasteiger partial charge on any atom is -0.388 e. The molecule has 3 heteroatoms. The van der Waals surface area contributed by atoms with Crippen molar-refractivity contribution in [2.75, 3.05) is 32.7 Å². The van der Waals surface area contributed by atoms with Gasteiger partial charge in [-0.05, 0) is 64.2 Å². The average Bonchev–Trinajstić information content (AvgIpc) is 2.44. The predicted octanol–water partition coefficient (Wildman–Crippen LogP) is 1.22. The second kappa shape index (κ2) is 5.48. The molecule has 2 aliphatic rings. The van der Waals surface area contributed by atoms with Crippen LogP contribution in [0.1, 0.15) is 39.0 Å². The van der Waals surface area contributed by atoms with E-state index in [4.69, 9.17) is 0 Å². The van der Waals surface area contributed by atoms with Gasteiger partial charge in [0.15, 0.2) is 0 Å². The molecule has 2 heterocycles. The molecule has 2 N–H and O–H groups in total. The van der Waals surface area contributed by atoms with E-state index in [0.717, 1.165) is 38.4 Å². The summed E-state index contributed by atoms with van der Waals surface area (Å²) in [4.78, 5) is 2.48. The van der Waals surface area contributed by atoms with E-state index in [2.05, 4.69) is 17.1 Å². The van der Waals surface area contributed by atoms with Crippen molar-refractivity contribution in [1.29, 1.82) is 0 Å². The highest BCUT2D eigenvalue weighted by Crippen LogP contribution is 2.22. The van der Waals surface area contributed by atoms with Gasteiger partial charge in [0.2, 0.25) is 0 Å². The molecule has 0 saturated carbocycles. The quantitative estimate of drug-likeness (QED) is 0.743.